The number of hydrogen-bond acceptors (Lipinski definition) is 3. The molecule has 2 rings (SSSR count). The number of hydrogen-bond donors (Lipinski definition) is 2. The zero-order valence-corrected chi connectivity index (χ0v) is 10.6. The van der Waals surface area contributed by atoms with Crippen LogP contribution in [0.3, 0.4) is 0 Å². The van der Waals surface area contributed by atoms with Crippen molar-refractivity contribution in [1.29, 1.82) is 0 Å². The van der Waals surface area contributed by atoms with Crippen LogP contribution in [0.2, 0.25) is 0 Å². The van der Waals surface area contributed by atoms with Gasteiger partial charge < -0.3 is 15.1 Å². The number of halogens is 1. The van der Waals surface area contributed by atoms with Crippen molar-refractivity contribution >= 4 is 5.69 Å². The lowest BCUT2D eigenvalue weighted by Gasteiger charge is -2.38. The lowest BCUT2D eigenvalue weighted by molar-refractivity contribution is 0.197. The molecule has 0 bridgehead atoms. The average molecular weight is 253 g/mol. The van der Waals surface area contributed by atoms with Gasteiger partial charge in [-0.1, -0.05) is 12.1 Å². The first-order valence-electron chi connectivity index (χ1n) is 6.49. The van der Waals surface area contributed by atoms with Crippen molar-refractivity contribution in [2.75, 3.05) is 18.1 Å². The van der Waals surface area contributed by atoms with Crippen molar-refractivity contribution < 1.29 is 14.6 Å². The Morgan fingerprint density at radius 1 is 1.44 bits per heavy atom. The van der Waals surface area contributed by atoms with E-state index < -0.39 is 6.10 Å². The summed E-state index contributed by atoms with van der Waals surface area (Å²) in [6, 6.07) is 4.71. The van der Waals surface area contributed by atoms with Crippen LogP contribution in [-0.2, 0) is 0 Å². The molecule has 2 atom stereocenters. The van der Waals surface area contributed by atoms with E-state index in [1.54, 1.807) is 19.1 Å². The molecule has 100 valence electrons. The van der Waals surface area contributed by atoms with Crippen LogP contribution >= 0.6 is 0 Å². The summed E-state index contributed by atoms with van der Waals surface area (Å²) in [5, 5.41) is 19.2. The molecule has 0 amide bonds. The molecular formula is C14H20FNO2. The van der Waals surface area contributed by atoms with Crippen molar-refractivity contribution in [3.63, 3.8) is 0 Å². The van der Waals surface area contributed by atoms with Gasteiger partial charge in [0.15, 0.2) is 0 Å². The number of anilines is 1. The Kier molecular flexibility index (Phi) is 4.19. The Morgan fingerprint density at radius 3 is 2.89 bits per heavy atom. The SMILES string of the molecule is CC(O)c1cccc(F)c1N1CCCCC1CO. The van der Waals surface area contributed by atoms with Gasteiger partial charge in [0.25, 0.3) is 0 Å². The smallest absolute Gasteiger partial charge is 0.146 e. The van der Waals surface area contributed by atoms with Gasteiger partial charge in [0.2, 0.25) is 0 Å². The van der Waals surface area contributed by atoms with Gasteiger partial charge in [-0.25, -0.2) is 4.39 Å². The summed E-state index contributed by atoms with van der Waals surface area (Å²) in [4.78, 5) is 1.90. The number of para-hydroxylation sites is 1. The molecule has 0 aliphatic carbocycles. The predicted molar refractivity (Wildman–Crippen MR) is 69.1 cm³/mol. The largest absolute Gasteiger partial charge is 0.394 e. The fourth-order valence-electron chi connectivity index (χ4n) is 2.66. The summed E-state index contributed by atoms with van der Waals surface area (Å²) in [5.41, 5.74) is 1.04. The van der Waals surface area contributed by atoms with Gasteiger partial charge in [0.05, 0.1) is 24.4 Å². The Morgan fingerprint density at radius 2 is 2.22 bits per heavy atom. The molecule has 1 aliphatic heterocycles. The van der Waals surface area contributed by atoms with Gasteiger partial charge in [-0.05, 0) is 32.3 Å². The number of piperidine rings is 1. The van der Waals surface area contributed by atoms with E-state index in [1.165, 1.54) is 6.07 Å². The van der Waals surface area contributed by atoms with E-state index in [2.05, 4.69) is 0 Å². The number of nitrogens with zero attached hydrogens (tertiary/aromatic N) is 1. The van der Waals surface area contributed by atoms with E-state index in [0.717, 1.165) is 25.8 Å². The predicted octanol–water partition coefficient (Wildman–Crippen LogP) is 2.23. The van der Waals surface area contributed by atoms with E-state index in [9.17, 15) is 14.6 Å². The number of aliphatic hydroxyl groups excluding tert-OH is 2. The molecule has 1 aliphatic rings. The Labute approximate surface area is 107 Å². The minimum absolute atomic E-state index is 0.0214. The third-order valence-electron chi connectivity index (χ3n) is 3.59. The quantitative estimate of drug-likeness (QED) is 0.868. The lowest BCUT2D eigenvalue weighted by Crippen LogP contribution is -2.43. The van der Waals surface area contributed by atoms with Gasteiger partial charge >= 0.3 is 0 Å². The summed E-state index contributed by atoms with van der Waals surface area (Å²) >= 11 is 0. The van der Waals surface area contributed by atoms with Crippen molar-refractivity contribution in [3.8, 4) is 0 Å². The summed E-state index contributed by atoms with van der Waals surface area (Å²) in [5.74, 6) is -0.325. The topological polar surface area (TPSA) is 43.7 Å². The first kappa shape index (κ1) is 13.3. The summed E-state index contributed by atoms with van der Waals surface area (Å²) < 4.78 is 14.1. The molecule has 0 radical (unpaired) electrons. The Bertz CT molecular complexity index is 409. The first-order chi connectivity index (χ1) is 8.65. The Hall–Kier alpha value is -1.13. The molecular weight excluding hydrogens is 233 g/mol. The van der Waals surface area contributed by atoms with Crippen LogP contribution < -0.4 is 4.90 Å². The van der Waals surface area contributed by atoms with Crippen LogP contribution in [0, 0.1) is 5.82 Å². The molecule has 0 spiro atoms. The summed E-state index contributed by atoms with van der Waals surface area (Å²) in [7, 11) is 0. The molecule has 1 saturated heterocycles. The van der Waals surface area contributed by atoms with Crippen molar-refractivity contribution in [2.45, 2.75) is 38.3 Å². The highest BCUT2D eigenvalue weighted by Gasteiger charge is 2.27. The molecule has 0 saturated carbocycles. The van der Waals surface area contributed by atoms with Crippen LogP contribution in [0.4, 0.5) is 10.1 Å². The number of rotatable bonds is 3. The second kappa shape index (κ2) is 5.67. The molecule has 1 aromatic carbocycles. The third kappa shape index (κ3) is 2.49. The first-order valence-corrected chi connectivity index (χ1v) is 6.49. The van der Waals surface area contributed by atoms with Gasteiger partial charge in [0.1, 0.15) is 5.82 Å². The normalized spacial score (nSPS) is 22.0. The van der Waals surface area contributed by atoms with Gasteiger partial charge in [-0.2, -0.15) is 0 Å². The average Bonchev–Trinajstić information content (AvgIpc) is 2.38. The van der Waals surface area contributed by atoms with Crippen LogP contribution in [-0.4, -0.2) is 29.4 Å². The molecule has 1 aromatic rings. The van der Waals surface area contributed by atoms with Crippen LogP contribution in [0.1, 0.15) is 37.9 Å². The highest BCUT2D eigenvalue weighted by Crippen LogP contribution is 2.33. The second-order valence-corrected chi connectivity index (χ2v) is 4.88. The number of benzene rings is 1. The molecule has 18 heavy (non-hydrogen) atoms. The minimum atomic E-state index is -0.711. The van der Waals surface area contributed by atoms with E-state index in [1.807, 2.05) is 4.90 Å². The van der Waals surface area contributed by atoms with Crippen LogP contribution in [0.25, 0.3) is 0 Å². The molecule has 0 aromatic heterocycles. The van der Waals surface area contributed by atoms with E-state index in [4.69, 9.17) is 0 Å². The van der Waals surface area contributed by atoms with Gasteiger partial charge in [-0.3, -0.25) is 0 Å². The highest BCUT2D eigenvalue weighted by molar-refractivity contribution is 5.57. The standard InChI is InChI=1S/C14H20FNO2/c1-10(18)12-6-4-7-13(15)14(12)16-8-3-2-5-11(16)9-17/h4,6-7,10-11,17-18H,2-3,5,8-9H2,1H3. The van der Waals surface area contributed by atoms with Gasteiger partial charge in [0, 0.05) is 12.1 Å². The second-order valence-electron chi connectivity index (χ2n) is 4.88. The minimum Gasteiger partial charge on any atom is -0.394 e. The summed E-state index contributed by atoms with van der Waals surface area (Å²) in [6.07, 6.45) is 2.20. The van der Waals surface area contributed by atoms with Crippen molar-refractivity contribution in [2.24, 2.45) is 0 Å². The van der Waals surface area contributed by atoms with Crippen LogP contribution in [0.15, 0.2) is 18.2 Å². The maximum atomic E-state index is 14.1. The highest BCUT2D eigenvalue weighted by atomic mass is 19.1. The zero-order chi connectivity index (χ0) is 13.1. The maximum absolute atomic E-state index is 14.1. The molecule has 3 nitrogen and oxygen atoms in total. The molecule has 4 heteroatoms. The third-order valence-corrected chi connectivity index (χ3v) is 3.59. The van der Waals surface area contributed by atoms with Crippen molar-refractivity contribution in [1.82, 2.24) is 0 Å². The molecule has 1 heterocycles. The fourth-order valence-corrected chi connectivity index (χ4v) is 2.66. The molecule has 1 fully saturated rings. The maximum Gasteiger partial charge on any atom is 0.146 e. The van der Waals surface area contributed by atoms with E-state index in [-0.39, 0.29) is 18.5 Å². The zero-order valence-electron chi connectivity index (χ0n) is 10.6. The summed E-state index contributed by atoms with van der Waals surface area (Å²) in [6.45, 7) is 2.38. The molecule has 2 N–H and O–H groups in total. The Balaban J connectivity index is 2.41. The fraction of sp³-hybridized carbons (Fsp3) is 0.571. The number of aliphatic hydroxyl groups is 2. The van der Waals surface area contributed by atoms with Gasteiger partial charge in [-0.15, -0.1) is 0 Å². The van der Waals surface area contributed by atoms with E-state index >= 15 is 0 Å². The lowest BCUT2D eigenvalue weighted by atomic mass is 9.98. The molecule has 2 unspecified atom stereocenters. The van der Waals surface area contributed by atoms with Crippen LogP contribution in [0.5, 0.6) is 0 Å². The van der Waals surface area contributed by atoms with Crippen molar-refractivity contribution in [3.05, 3.63) is 29.6 Å². The monoisotopic (exact) mass is 253 g/mol. The van der Waals surface area contributed by atoms with E-state index in [0.29, 0.717) is 11.3 Å².